The van der Waals surface area contributed by atoms with E-state index in [-0.39, 0.29) is 0 Å². The fourth-order valence-electron chi connectivity index (χ4n) is 0.950. The van der Waals surface area contributed by atoms with Gasteiger partial charge in [0.25, 0.3) is 0 Å². The van der Waals surface area contributed by atoms with E-state index in [4.69, 9.17) is 16.6 Å². The number of carboxylic acid groups (broad SMARTS) is 1. The summed E-state index contributed by atoms with van der Waals surface area (Å²) in [6.07, 6.45) is 1.62. The SMILES string of the molecule is NCCCC[C@H](N)C(=O)CC(=O)O. The summed E-state index contributed by atoms with van der Waals surface area (Å²) in [5.74, 6) is -1.54. The Balaban J connectivity index is 3.63. The Kier molecular flexibility index (Phi) is 6.09. The summed E-state index contributed by atoms with van der Waals surface area (Å²) in [5, 5.41) is 8.31. The summed E-state index contributed by atoms with van der Waals surface area (Å²) in [6, 6.07) is -0.650. The zero-order chi connectivity index (χ0) is 10.3. The van der Waals surface area contributed by atoms with Crippen LogP contribution in [0.3, 0.4) is 0 Å². The number of rotatable bonds is 7. The van der Waals surface area contributed by atoms with E-state index in [1.165, 1.54) is 0 Å². The van der Waals surface area contributed by atoms with Crippen LogP contribution in [0.4, 0.5) is 0 Å². The molecule has 0 saturated carbocycles. The van der Waals surface area contributed by atoms with E-state index < -0.39 is 24.2 Å². The zero-order valence-corrected chi connectivity index (χ0v) is 7.53. The Bertz CT molecular complexity index is 182. The van der Waals surface area contributed by atoms with Gasteiger partial charge in [0.15, 0.2) is 5.78 Å². The van der Waals surface area contributed by atoms with Crippen LogP contribution < -0.4 is 11.5 Å². The number of aliphatic carboxylic acids is 1. The normalized spacial score (nSPS) is 12.5. The molecule has 1 atom stereocenters. The molecule has 13 heavy (non-hydrogen) atoms. The highest BCUT2D eigenvalue weighted by molar-refractivity contribution is 5.97. The average molecular weight is 188 g/mol. The number of ketones is 1. The Morgan fingerprint density at radius 1 is 1.31 bits per heavy atom. The van der Waals surface area contributed by atoms with E-state index in [0.717, 1.165) is 12.8 Å². The van der Waals surface area contributed by atoms with Gasteiger partial charge in [-0.05, 0) is 19.4 Å². The van der Waals surface area contributed by atoms with Crippen LogP contribution in [-0.2, 0) is 9.59 Å². The molecule has 5 nitrogen and oxygen atoms in total. The molecular weight excluding hydrogens is 172 g/mol. The van der Waals surface area contributed by atoms with E-state index in [0.29, 0.717) is 13.0 Å². The highest BCUT2D eigenvalue weighted by Gasteiger charge is 2.15. The third-order valence-electron chi connectivity index (χ3n) is 1.71. The van der Waals surface area contributed by atoms with Crippen molar-refractivity contribution in [3.63, 3.8) is 0 Å². The monoisotopic (exact) mass is 188 g/mol. The highest BCUT2D eigenvalue weighted by Crippen LogP contribution is 2.00. The van der Waals surface area contributed by atoms with E-state index in [2.05, 4.69) is 0 Å². The predicted octanol–water partition coefficient (Wildman–Crippen LogP) is -0.513. The molecule has 0 aliphatic carbocycles. The number of carbonyl (C=O) groups excluding carboxylic acids is 1. The third kappa shape index (κ3) is 6.24. The molecule has 0 bridgehead atoms. The fourth-order valence-corrected chi connectivity index (χ4v) is 0.950. The van der Waals surface area contributed by atoms with Crippen LogP contribution in [0.5, 0.6) is 0 Å². The van der Waals surface area contributed by atoms with Crippen molar-refractivity contribution in [1.82, 2.24) is 0 Å². The molecule has 0 aliphatic rings. The first-order valence-electron chi connectivity index (χ1n) is 4.28. The van der Waals surface area contributed by atoms with Gasteiger partial charge in [0, 0.05) is 0 Å². The summed E-state index contributed by atoms with van der Waals surface area (Å²) in [7, 11) is 0. The molecule has 0 spiro atoms. The average Bonchev–Trinajstić information content (AvgIpc) is 2.03. The number of Topliss-reactive ketones (excluding diaryl/α,β-unsaturated/α-hetero) is 1. The Morgan fingerprint density at radius 3 is 2.38 bits per heavy atom. The Hall–Kier alpha value is -0.940. The van der Waals surface area contributed by atoms with Crippen LogP contribution in [0.25, 0.3) is 0 Å². The van der Waals surface area contributed by atoms with Crippen molar-refractivity contribution in [1.29, 1.82) is 0 Å². The lowest BCUT2D eigenvalue weighted by Gasteiger charge is -2.07. The van der Waals surface area contributed by atoms with Crippen molar-refractivity contribution in [3.8, 4) is 0 Å². The van der Waals surface area contributed by atoms with Gasteiger partial charge in [-0.1, -0.05) is 6.42 Å². The van der Waals surface area contributed by atoms with Crippen molar-refractivity contribution in [2.45, 2.75) is 31.7 Å². The van der Waals surface area contributed by atoms with Gasteiger partial charge in [-0.15, -0.1) is 0 Å². The number of hydrogen-bond donors (Lipinski definition) is 3. The Morgan fingerprint density at radius 2 is 1.92 bits per heavy atom. The van der Waals surface area contributed by atoms with Crippen molar-refractivity contribution >= 4 is 11.8 Å². The minimum Gasteiger partial charge on any atom is -0.481 e. The maximum absolute atomic E-state index is 11.0. The van der Waals surface area contributed by atoms with Gasteiger partial charge in [-0.25, -0.2) is 0 Å². The zero-order valence-electron chi connectivity index (χ0n) is 7.53. The van der Waals surface area contributed by atoms with Gasteiger partial charge in [-0.3, -0.25) is 9.59 Å². The molecule has 76 valence electrons. The van der Waals surface area contributed by atoms with Gasteiger partial charge in [0.1, 0.15) is 6.42 Å². The molecule has 5 N–H and O–H groups in total. The van der Waals surface area contributed by atoms with E-state index in [9.17, 15) is 9.59 Å². The van der Waals surface area contributed by atoms with Crippen LogP contribution in [-0.4, -0.2) is 29.4 Å². The van der Waals surface area contributed by atoms with Gasteiger partial charge in [0.2, 0.25) is 0 Å². The molecule has 0 amide bonds. The van der Waals surface area contributed by atoms with Crippen LogP contribution in [0.15, 0.2) is 0 Å². The minimum atomic E-state index is -1.13. The molecule has 0 rings (SSSR count). The van der Waals surface area contributed by atoms with E-state index in [1.54, 1.807) is 0 Å². The molecule has 0 fully saturated rings. The predicted molar refractivity (Wildman–Crippen MR) is 48.1 cm³/mol. The second kappa shape index (κ2) is 6.56. The molecular formula is C8H16N2O3. The summed E-state index contributed by atoms with van der Waals surface area (Å²) < 4.78 is 0. The van der Waals surface area contributed by atoms with Crippen molar-refractivity contribution in [3.05, 3.63) is 0 Å². The first kappa shape index (κ1) is 12.1. The molecule has 0 aromatic rings. The van der Waals surface area contributed by atoms with Crippen molar-refractivity contribution < 1.29 is 14.7 Å². The van der Waals surface area contributed by atoms with Crippen LogP contribution in [0.1, 0.15) is 25.7 Å². The molecule has 0 aliphatic heterocycles. The van der Waals surface area contributed by atoms with Crippen molar-refractivity contribution in [2.75, 3.05) is 6.54 Å². The molecule has 0 unspecified atom stereocenters. The summed E-state index contributed by atoms with van der Waals surface area (Å²) in [5.41, 5.74) is 10.7. The van der Waals surface area contributed by atoms with E-state index in [1.807, 2.05) is 0 Å². The maximum atomic E-state index is 11.0. The molecule has 0 saturated heterocycles. The Labute approximate surface area is 77.1 Å². The number of carboxylic acids is 1. The number of nitrogens with two attached hydrogens (primary N) is 2. The molecule has 5 heteroatoms. The minimum absolute atomic E-state index is 0.412. The number of carbonyl (C=O) groups is 2. The van der Waals surface area contributed by atoms with Gasteiger partial charge >= 0.3 is 5.97 Å². The summed E-state index contributed by atoms with van der Waals surface area (Å²) >= 11 is 0. The van der Waals surface area contributed by atoms with Crippen LogP contribution in [0, 0.1) is 0 Å². The van der Waals surface area contributed by atoms with Gasteiger partial charge in [-0.2, -0.15) is 0 Å². The smallest absolute Gasteiger partial charge is 0.310 e. The first-order chi connectivity index (χ1) is 6.07. The summed E-state index contributed by atoms with van der Waals surface area (Å²) in [6.45, 7) is 0.569. The number of unbranched alkanes of at least 4 members (excludes halogenated alkanes) is 1. The molecule has 0 aromatic carbocycles. The second-order valence-electron chi connectivity index (χ2n) is 2.93. The quantitative estimate of drug-likeness (QED) is 0.368. The van der Waals surface area contributed by atoms with Crippen LogP contribution in [0.2, 0.25) is 0 Å². The largest absolute Gasteiger partial charge is 0.481 e. The molecule has 0 aromatic heterocycles. The standard InChI is InChI=1S/C8H16N2O3/c9-4-2-1-3-6(10)7(11)5-8(12)13/h6H,1-5,9-10H2,(H,12,13)/t6-/m0/s1. The summed E-state index contributed by atoms with van der Waals surface area (Å²) in [4.78, 5) is 21.2. The van der Waals surface area contributed by atoms with Gasteiger partial charge in [0.05, 0.1) is 6.04 Å². The first-order valence-corrected chi connectivity index (χ1v) is 4.28. The third-order valence-corrected chi connectivity index (χ3v) is 1.71. The fraction of sp³-hybridized carbons (Fsp3) is 0.750. The molecule has 0 heterocycles. The lowest BCUT2D eigenvalue weighted by Crippen LogP contribution is -2.31. The highest BCUT2D eigenvalue weighted by atomic mass is 16.4. The topological polar surface area (TPSA) is 106 Å². The lowest BCUT2D eigenvalue weighted by molar-refractivity contribution is -0.140. The van der Waals surface area contributed by atoms with Crippen molar-refractivity contribution in [2.24, 2.45) is 11.5 Å². The van der Waals surface area contributed by atoms with Gasteiger partial charge < -0.3 is 16.6 Å². The number of hydrogen-bond acceptors (Lipinski definition) is 4. The van der Waals surface area contributed by atoms with Crippen LogP contribution >= 0.6 is 0 Å². The lowest BCUT2D eigenvalue weighted by atomic mass is 10.0. The maximum Gasteiger partial charge on any atom is 0.310 e. The van der Waals surface area contributed by atoms with E-state index >= 15 is 0 Å². The second-order valence-corrected chi connectivity index (χ2v) is 2.93. The molecule has 0 radical (unpaired) electrons.